The molecule has 288 valence electrons. The molecular weight excluding hydrogens is 976 g/mol. The van der Waals surface area contributed by atoms with Gasteiger partial charge in [-0.15, -0.1) is 0 Å². The number of phenolic OH excluding ortho intramolecular Hbond substituents is 1. The number of phenols is 1. The molecule has 0 saturated heterocycles. The number of benzene rings is 4. The van der Waals surface area contributed by atoms with Crippen LogP contribution in [0.3, 0.4) is 0 Å². The normalized spacial score (nSPS) is 12.1. The largest absolute Gasteiger partial charge is 0.508 e. The molecule has 53 heavy (non-hydrogen) atoms. The molecule has 0 saturated carbocycles. The van der Waals surface area contributed by atoms with E-state index in [2.05, 4.69) is 49.9 Å². The third-order valence-corrected chi connectivity index (χ3v) is 9.23. The third-order valence-electron chi connectivity index (χ3n) is 7.20. The first kappa shape index (κ1) is 47.7. The molecule has 13 heteroatoms. The van der Waals surface area contributed by atoms with Crippen molar-refractivity contribution >= 4 is 78.9 Å². The van der Waals surface area contributed by atoms with E-state index < -0.39 is 10.8 Å². The van der Waals surface area contributed by atoms with Crippen LogP contribution < -0.4 is 4.74 Å². The van der Waals surface area contributed by atoms with Gasteiger partial charge in [-0.2, -0.15) is 8.78 Å². The van der Waals surface area contributed by atoms with Gasteiger partial charge in [0.05, 0.1) is 24.8 Å². The molecule has 0 radical (unpaired) electrons. The molecule has 1 N–H and O–H groups in total. The van der Waals surface area contributed by atoms with Crippen molar-refractivity contribution < 1.29 is 37.7 Å². The number of rotatable bonds is 7. The summed E-state index contributed by atoms with van der Waals surface area (Å²) in [6.45, 7) is 11.9. The molecule has 0 fully saturated rings. The lowest BCUT2D eigenvalue weighted by atomic mass is 10.1. The Balaban J connectivity index is 0.000000399. The Morgan fingerprint density at radius 3 is 1.58 bits per heavy atom. The zero-order valence-electron chi connectivity index (χ0n) is 29.9. The molecule has 2 aliphatic heterocycles. The van der Waals surface area contributed by atoms with Crippen LogP contribution in [0, 0.1) is 7.14 Å². The van der Waals surface area contributed by atoms with Crippen molar-refractivity contribution in [2.24, 2.45) is 0 Å². The van der Waals surface area contributed by atoms with E-state index in [1.54, 1.807) is 19.2 Å². The molecule has 0 spiro atoms. The molecule has 2 aliphatic rings. The van der Waals surface area contributed by atoms with E-state index in [0.29, 0.717) is 26.2 Å². The number of amides is 2. The maximum Gasteiger partial charge on any atom is 0.395 e. The minimum absolute atomic E-state index is 0. The van der Waals surface area contributed by atoms with Crippen LogP contribution in [0.1, 0.15) is 85.0 Å². The lowest BCUT2D eigenvalue weighted by molar-refractivity contribution is -0.158. The van der Waals surface area contributed by atoms with Crippen LogP contribution >= 0.6 is 61.1 Å². The lowest BCUT2D eigenvalue weighted by Gasteiger charge is -2.15. The standard InChI is InChI=1S/C16H14INO2.C15H12INO2.C4H5BrF2O2.2C2H6.CH4/c1-20-13-7-12-10-18(9-11-5-3-2-4-6-11)16(19)15(12)14(17)8-13;16-13-7-12(18)6-11-9-17(15(19)14(11)13)8-10-4-2-1-3-5-10;1-2-9-3(8)4(5,6)7;2*1-2;/h2-8H,9-10H2,1H3;1-7,18H,8-9H2;2H2,1H3;2*1-2H3;1H4. The monoisotopic (exact) mass is 1020 g/mol. The molecule has 4 aromatic rings. The second-order valence-electron chi connectivity index (χ2n) is 10.6. The number of fused-ring (bicyclic) bond motifs is 2. The van der Waals surface area contributed by atoms with Crippen molar-refractivity contribution in [3.8, 4) is 11.5 Å². The predicted octanol–water partition coefficient (Wildman–Crippen LogP) is 10.8. The van der Waals surface area contributed by atoms with Crippen LogP contribution in [0.15, 0.2) is 84.9 Å². The maximum absolute atomic E-state index is 12.5. The number of esters is 1. The average Bonchev–Trinajstić information content (AvgIpc) is 3.62. The zero-order valence-corrected chi connectivity index (χ0v) is 35.8. The summed E-state index contributed by atoms with van der Waals surface area (Å²) in [6.07, 6.45) is 0. The summed E-state index contributed by atoms with van der Waals surface area (Å²) in [5.74, 6) is -0.371. The van der Waals surface area contributed by atoms with Crippen LogP contribution in [0.5, 0.6) is 11.5 Å². The summed E-state index contributed by atoms with van der Waals surface area (Å²) >= 11 is 6.14. The molecule has 2 heterocycles. The minimum Gasteiger partial charge on any atom is -0.508 e. The van der Waals surface area contributed by atoms with Crippen LogP contribution in [0.4, 0.5) is 8.78 Å². The molecule has 0 atom stereocenters. The fraction of sp³-hybridized carbons (Fsp3) is 0.325. The van der Waals surface area contributed by atoms with Gasteiger partial charge in [-0.1, -0.05) is 95.8 Å². The van der Waals surface area contributed by atoms with Gasteiger partial charge in [-0.25, -0.2) is 4.79 Å². The van der Waals surface area contributed by atoms with E-state index in [4.69, 9.17) is 4.74 Å². The maximum atomic E-state index is 12.5. The van der Waals surface area contributed by atoms with Crippen LogP contribution in [0.2, 0.25) is 0 Å². The average molecular weight is 1020 g/mol. The van der Waals surface area contributed by atoms with E-state index in [9.17, 15) is 28.3 Å². The number of methoxy groups -OCH3 is 1. The molecule has 4 aromatic carbocycles. The molecule has 0 aliphatic carbocycles. The van der Waals surface area contributed by atoms with Crippen molar-refractivity contribution in [3.63, 3.8) is 0 Å². The number of carbonyl (C=O) groups is 3. The van der Waals surface area contributed by atoms with Crippen molar-refractivity contribution in [2.75, 3.05) is 13.7 Å². The van der Waals surface area contributed by atoms with E-state index in [1.165, 1.54) is 6.92 Å². The highest BCUT2D eigenvalue weighted by atomic mass is 127. The molecule has 0 bridgehead atoms. The molecule has 0 aromatic heterocycles. The molecule has 2 amide bonds. The number of hydrogen-bond donors (Lipinski definition) is 1. The van der Waals surface area contributed by atoms with Crippen molar-refractivity contribution in [1.82, 2.24) is 9.80 Å². The third kappa shape index (κ3) is 13.8. The minimum atomic E-state index is -3.54. The summed E-state index contributed by atoms with van der Waals surface area (Å²) < 4.78 is 34.5. The number of halogens is 5. The Bertz CT molecular complexity index is 1780. The Morgan fingerprint density at radius 1 is 0.792 bits per heavy atom. The first-order valence-electron chi connectivity index (χ1n) is 16.6. The van der Waals surface area contributed by atoms with Gasteiger partial charge in [0.1, 0.15) is 11.5 Å². The van der Waals surface area contributed by atoms with Crippen molar-refractivity contribution in [1.29, 1.82) is 0 Å². The van der Waals surface area contributed by atoms with Gasteiger partial charge >= 0.3 is 10.8 Å². The van der Waals surface area contributed by atoms with Gasteiger partial charge in [0, 0.05) is 49.2 Å². The molecule has 6 rings (SSSR count). The molecule has 8 nitrogen and oxygen atoms in total. The number of ether oxygens (including phenoxy) is 2. The van der Waals surface area contributed by atoms with Gasteiger partial charge in [-0.3, -0.25) is 9.59 Å². The highest BCUT2D eigenvalue weighted by Gasteiger charge is 2.36. The molecule has 0 unspecified atom stereocenters. The van der Waals surface area contributed by atoms with Gasteiger partial charge in [0.25, 0.3) is 11.8 Å². The van der Waals surface area contributed by atoms with E-state index >= 15 is 0 Å². The van der Waals surface area contributed by atoms with Gasteiger partial charge in [-0.05, 0) is 98.6 Å². The second-order valence-corrected chi connectivity index (χ2v) is 13.9. The number of alkyl halides is 3. The highest BCUT2D eigenvalue weighted by molar-refractivity contribution is 14.1. The SMILES string of the molecule is C.CC.CC.CCOC(=O)C(F)(F)Br.COc1cc(I)c2c(c1)CN(Cc1ccccc1)C2=O.O=C1c2c(I)cc(O)cc2CN1Cc1ccccc1. The topological polar surface area (TPSA) is 96.4 Å². The lowest BCUT2D eigenvalue weighted by Crippen LogP contribution is -2.23. The summed E-state index contributed by atoms with van der Waals surface area (Å²) in [5, 5.41) is 9.60. The zero-order chi connectivity index (χ0) is 39.0. The Hall–Kier alpha value is -3.31. The first-order valence-corrected chi connectivity index (χ1v) is 19.6. The number of nitrogens with zero attached hydrogens (tertiary/aromatic N) is 2. The Labute approximate surface area is 347 Å². The number of hydrogen-bond acceptors (Lipinski definition) is 6. The number of carbonyl (C=O) groups excluding carboxylic acids is 3. The van der Waals surface area contributed by atoms with E-state index in [1.807, 2.05) is 126 Å². The summed E-state index contributed by atoms with van der Waals surface area (Å²) in [7, 11) is 1.65. The summed E-state index contributed by atoms with van der Waals surface area (Å²) in [4.78, 5) is 35.1. The molecular formula is C40H47BrF2I2N2O6. The van der Waals surface area contributed by atoms with E-state index in [0.717, 1.165) is 46.3 Å². The van der Waals surface area contributed by atoms with Crippen LogP contribution in [-0.2, 0) is 35.7 Å². The summed E-state index contributed by atoms with van der Waals surface area (Å²) in [5.41, 5.74) is 5.77. The fourth-order valence-electron chi connectivity index (χ4n) is 5.08. The predicted molar refractivity (Wildman–Crippen MR) is 227 cm³/mol. The van der Waals surface area contributed by atoms with Gasteiger partial charge < -0.3 is 24.4 Å². The van der Waals surface area contributed by atoms with Crippen LogP contribution in [-0.4, -0.2) is 51.2 Å². The first-order chi connectivity index (χ1) is 24.8. The fourth-order valence-corrected chi connectivity index (χ4v) is 6.97. The Morgan fingerprint density at radius 2 is 1.21 bits per heavy atom. The van der Waals surface area contributed by atoms with Crippen molar-refractivity contribution in [2.45, 2.75) is 73.1 Å². The van der Waals surface area contributed by atoms with Gasteiger partial charge in [0.15, 0.2) is 0 Å². The van der Waals surface area contributed by atoms with E-state index in [-0.39, 0.29) is 31.6 Å². The van der Waals surface area contributed by atoms with Gasteiger partial charge in [0.2, 0.25) is 0 Å². The summed E-state index contributed by atoms with van der Waals surface area (Å²) in [6, 6.07) is 27.2. The second kappa shape index (κ2) is 23.5. The number of aromatic hydroxyl groups is 1. The van der Waals surface area contributed by atoms with Crippen LogP contribution in [0.25, 0.3) is 0 Å². The quantitative estimate of drug-likeness (QED) is 0.113. The van der Waals surface area contributed by atoms with Crippen molar-refractivity contribution in [3.05, 3.63) is 125 Å². The smallest absolute Gasteiger partial charge is 0.395 e. The highest BCUT2D eigenvalue weighted by Crippen LogP contribution is 2.33. The Kier molecular flexibility index (Phi) is 21.1.